The highest BCUT2D eigenvalue weighted by Crippen LogP contribution is 2.38. The van der Waals surface area contributed by atoms with E-state index in [4.69, 9.17) is 0 Å². The van der Waals surface area contributed by atoms with Gasteiger partial charge in [-0.3, -0.25) is 0 Å². The highest BCUT2D eigenvalue weighted by atomic mass is 19.4. The van der Waals surface area contributed by atoms with E-state index in [1.165, 1.54) is 6.07 Å². The summed E-state index contributed by atoms with van der Waals surface area (Å²) >= 11 is 0. The first-order valence-corrected chi connectivity index (χ1v) is 6.43. The second kappa shape index (κ2) is 4.81. The van der Waals surface area contributed by atoms with E-state index in [0.29, 0.717) is 5.56 Å². The Morgan fingerprint density at radius 1 is 0.783 bits per heavy atom. The highest BCUT2D eigenvalue weighted by Gasteiger charge is 2.41. The molecule has 0 spiro atoms. The third kappa shape index (κ3) is 2.29. The number of halogens is 6. The van der Waals surface area contributed by atoms with Crippen LogP contribution >= 0.6 is 0 Å². The van der Waals surface area contributed by atoms with Gasteiger partial charge in [-0.15, -0.1) is 0 Å². The summed E-state index contributed by atoms with van der Waals surface area (Å²) in [6, 6.07) is 3.17. The number of hydrogen-bond acceptors (Lipinski definition) is 2. The van der Waals surface area contributed by atoms with Gasteiger partial charge in [-0.05, 0) is 31.0 Å². The van der Waals surface area contributed by atoms with Gasteiger partial charge in [0.2, 0.25) is 0 Å². The molecule has 2 aromatic carbocycles. The number of aryl methyl sites for hydroxylation is 2. The summed E-state index contributed by atoms with van der Waals surface area (Å²) in [5, 5.41) is 0. The van der Waals surface area contributed by atoms with Crippen molar-refractivity contribution in [3.63, 3.8) is 0 Å². The summed E-state index contributed by atoms with van der Waals surface area (Å²) < 4.78 is 80.0. The number of nitrogens with zero attached hydrogens (tertiary/aromatic N) is 2. The fourth-order valence-electron chi connectivity index (χ4n) is 2.49. The molecule has 1 aromatic heterocycles. The van der Waals surface area contributed by atoms with E-state index in [9.17, 15) is 26.3 Å². The van der Waals surface area contributed by atoms with Crippen molar-refractivity contribution in [1.82, 2.24) is 9.97 Å². The molecular formula is C15H8F6N2. The van der Waals surface area contributed by atoms with Gasteiger partial charge in [-0.1, -0.05) is 6.07 Å². The van der Waals surface area contributed by atoms with Crippen LogP contribution in [0.4, 0.5) is 26.3 Å². The van der Waals surface area contributed by atoms with Gasteiger partial charge in [0, 0.05) is 0 Å². The molecule has 2 nitrogen and oxygen atoms in total. The summed E-state index contributed by atoms with van der Waals surface area (Å²) in [6.45, 7) is 3.33. The Hall–Kier alpha value is -2.38. The third-order valence-electron chi connectivity index (χ3n) is 3.44. The van der Waals surface area contributed by atoms with E-state index in [0.717, 1.165) is 5.56 Å². The fraction of sp³-hybridized carbons (Fsp3) is 0.200. The van der Waals surface area contributed by atoms with E-state index in [1.807, 2.05) is 0 Å². The van der Waals surface area contributed by atoms with Gasteiger partial charge in [0.15, 0.2) is 17.5 Å². The van der Waals surface area contributed by atoms with E-state index in [2.05, 4.69) is 9.97 Å². The van der Waals surface area contributed by atoms with Crippen molar-refractivity contribution in [3.8, 4) is 0 Å². The largest absolute Gasteiger partial charge is 0.422 e. The Balaban J connectivity index is 2.54. The first-order valence-electron chi connectivity index (χ1n) is 6.43. The Morgan fingerprint density at radius 3 is 2.00 bits per heavy atom. The molecule has 0 atom stereocenters. The van der Waals surface area contributed by atoms with Gasteiger partial charge in [-0.25, -0.2) is 23.1 Å². The lowest BCUT2D eigenvalue weighted by Crippen LogP contribution is -2.14. The molecule has 0 fully saturated rings. The van der Waals surface area contributed by atoms with Gasteiger partial charge in [-0.2, -0.15) is 13.2 Å². The molecule has 0 N–H and O–H groups in total. The number of hydrogen-bond donors (Lipinski definition) is 0. The van der Waals surface area contributed by atoms with Crippen LogP contribution in [-0.4, -0.2) is 9.97 Å². The number of alkyl halides is 3. The summed E-state index contributed by atoms with van der Waals surface area (Å²) in [5.41, 5.74) is -2.57. The zero-order valence-electron chi connectivity index (χ0n) is 11.8. The van der Waals surface area contributed by atoms with Crippen LogP contribution in [-0.2, 0) is 6.18 Å². The maximum atomic E-state index is 14.1. The molecule has 120 valence electrons. The quantitative estimate of drug-likeness (QED) is 0.335. The van der Waals surface area contributed by atoms with Crippen LogP contribution in [0.1, 0.15) is 16.7 Å². The average Bonchev–Trinajstić information content (AvgIpc) is 2.42. The third-order valence-corrected chi connectivity index (χ3v) is 3.44. The minimum Gasteiger partial charge on any atom is -0.241 e. The van der Waals surface area contributed by atoms with E-state index < -0.39 is 40.2 Å². The zero-order valence-corrected chi connectivity index (χ0v) is 11.8. The summed E-state index contributed by atoms with van der Waals surface area (Å²) in [7, 11) is 0. The van der Waals surface area contributed by atoms with Crippen LogP contribution in [0, 0.1) is 31.3 Å². The normalized spacial score (nSPS) is 12.3. The first kappa shape index (κ1) is 15.5. The summed E-state index contributed by atoms with van der Waals surface area (Å²) in [5.74, 6) is -6.16. The lowest BCUT2D eigenvalue weighted by atomic mass is 10.1. The van der Waals surface area contributed by atoms with Crippen LogP contribution < -0.4 is 0 Å². The number of rotatable bonds is 0. The van der Waals surface area contributed by atoms with Gasteiger partial charge in [0.25, 0.3) is 0 Å². The lowest BCUT2D eigenvalue weighted by Gasteiger charge is -2.13. The molecule has 1 heterocycles. The van der Waals surface area contributed by atoms with Gasteiger partial charge in [0.1, 0.15) is 16.6 Å². The molecule has 8 heteroatoms. The van der Waals surface area contributed by atoms with Crippen molar-refractivity contribution in [2.24, 2.45) is 0 Å². The van der Waals surface area contributed by atoms with Crippen LogP contribution in [0.2, 0.25) is 0 Å². The first-order chi connectivity index (χ1) is 10.6. The van der Waals surface area contributed by atoms with Crippen molar-refractivity contribution in [2.75, 3.05) is 0 Å². The maximum Gasteiger partial charge on any atom is 0.422 e. The SMILES string of the molecule is Cc1cc(C)c2nc3c(F)c(C(F)(F)F)c(F)c(F)c3nc2c1. The molecule has 0 bridgehead atoms. The topological polar surface area (TPSA) is 25.8 Å². The zero-order chi connectivity index (χ0) is 17.1. The predicted octanol–water partition coefficient (Wildman–Crippen LogP) is 4.84. The van der Waals surface area contributed by atoms with Crippen molar-refractivity contribution >= 4 is 22.1 Å². The molecule has 3 aromatic rings. The predicted molar refractivity (Wildman–Crippen MR) is 71.4 cm³/mol. The smallest absolute Gasteiger partial charge is 0.241 e. The molecule has 23 heavy (non-hydrogen) atoms. The lowest BCUT2D eigenvalue weighted by molar-refractivity contribution is -0.142. The van der Waals surface area contributed by atoms with Gasteiger partial charge in [0.05, 0.1) is 11.0 Å². The molecule has 0 radical (unpaired) electrons. The molecule has 0 amide bonds. The number of aromatic nitrogens is 2. The van der Waals surface area contributed by atoms with Crippen LogP contribution in [0.15, 0.2) is 12.1 Å². The maximum absolute atomic E-state index is 14.1. The second-order valence-corrected chi connectivity index (χ2v) is 5.19. The van der Waals surface area contributed by atoms with Crippen molar-refractivity contribution in [1.29, 1.82) is 0 Å². The average molecular weight is 330 g/mol. The minimum atomic E-state index is -5.39. The Bertz CT molecular complexity index is 962. The van der Waals surface area contributed by atoms with Crippen LogP contribution in [0.5, 0.6) is 0 Å². The molecule has 0 aliphatic rings. The van der Waals surface area contributed by atoms with Crippen molar-refractivity contribution in [2.45, 2.75) is 20.0 Å². The Labute approximate surface area is 125 Å². The number of benzene rings is 2. The van der Waals surface area contributed by atoms with Crippen LogP contribution in [0.3, 0.4) is 0 Å². The molecular weight excluding hydrogens is 322 g/mol. The summed E-state index contributed by atoms with van der Waals surface area (Å²) in [4.78, 5) is 7.51. The van der Waals surface area contributed by atoms with Crippen molar-refractivity contribution < 1.29 is 26.3 Å². The molecule has 0 unspecified atom stereocenters. The van der Waals surface area contributed by atoms with E-state index in [-0.39, 0.29) is 11.0 Å². The monoisotopic (exact) mass is 330 g/mol. The standard InChI is InChI=1S/C15H8F6N2/c1-5-3-6(2)12-7(4-5)22-14-11(18)9(16)8(15(19,20)21)10(17)13(14)23-12/h3-4H,1-2H3. The second-order valence-electron chi connectivity index (χ2n) is 5.19. The molecule has 0 aliphatic heterocycles. The van der Waals surface area contributed by atoms with E-state index in [1.54, 1.807) is 19.9 Å². The Kier molecular flexibility index (Phi) is 3.24. The molecule has 3 rings (SSSR count). The fourth-order valence-corrected chi connectivity index (χ4v) is 2.49. The Morgan fingerprint density at radius 2 is 1.39 bits per heavy atom. The summed E-state index contributed by atoms with van der Waals surface area (Å²) in [6.07, 6.45) is -5.39. The highest BCUT2D eigenvalue weighted by molar-refractivity contribution is 5.89. The van der Waals surface area contributed by atoms with Gasteiger partial charge >= 0.3 is 6.18 Å². The molecule has 0 saturated heterocycles. The number of fused-ring (bicyclic) bond motifs is 2. The van der Waals surface area contributed by atoms with Gasteiger partial charge < -0.3 is 0 Å². The van der Waals surface area contributed by atoms with E-state index >= 15 is 0 Å². The van der Waals surface area contributed by atoms with Crippen molar-refractivity contribution in [3.05, 3.63) is 46.3 Å². The van der Waals surface area contributed by atoms with Crippen LogP contribution in [0.25, 0.3) is 22.1 Å². The molecule has 0 saturated carbocycles. The molecule has 0 aliphatic carbocycles. The minimum absolute atomic E-state index is 0.126.